The lowest BCUT2D eigenvalue weighted by molar-refractivity contribution is 0.179. The molecule has 4 heteroatoms. The van der Waals surface area contributed by atoms with Crippen LogP contribution in [0, 0.1) is 0 Å². The van der Waals surface area contributed by atoms with Crippen LogP contribution in [0.1, 0.15) is 19.8 Å². The van der Waals surface area contributed by atoms with E-state index in [1.54, 1.807) is 12.3 Å². The van der Waals surface area contributed by atoms with E-state index in [1.165, 1.54) is 12.8 Å². The van der Waals surface area contributed by atoms with Crippen LogP contribution < -0.4 is 10.1 Å². The standard InChI is InChI=1S/C11H15ClN2O/c1-8(10-3-2-6-13-10)15-9-4-5-11(12)14-7-9/h4-5,7-8,10,13H,2-3,6H2,1H3. The van der Waals surface area contributed by atoms with Crippen LogP contribution in [0.15, 0.2) is 18.3 Å². The average molecular weight is 227 g/mol. The molecule has 1 N–H and O–H groups in total. The molecule has 0 aromatic carbocycles. The fourth-order valence-corrected chi connectivity index (χ4v) is 1.95. The molecule has 1 aromatic heterocycles. The minimum absolute atomic E-state index is 0.176. The molecule has 1 aliphatic heterocycles. The summed E-state index contributed by atoms with van der Waals surface area (Å²) in [5.74, 6) is 0.778. The minimum Gasteiger partial charge on any atom is -0.487 e. The van der Waals surface area contributed by atoms with E-state index in [9.17, 15) is 0 Å². The van der Waals surface area contributed by atoms with E-state index < -0.39 is 0 Å². The van der Waals surface area contributed by atoms with Crippen LogP contribution in [0.5, 0.6) is 5.75 Å². The quantitative estimate of drug-likeness (QED) is 0.803. The van der Waals surface area contributed by atoms with Crippen molar-refractivity contribution in [2.75, 3.05) is 6.54 Å². The first-order valence-corrected chi connectivity index (χ1v) is 5.65. The van der Waals surface area contributed by atoms with E-state index in [1.807, 2.05) is 6.07 Å². The van der Waals surface area contributed by atoms with Gasteiger partial charge in [-0.15, -0.1) is 0 Å². The molecule has 2 rings (SSSR count). The van der Waals surface area contributed by atoms with Crippen LogP contribution >= 0.6 is 11.6 Å². The van der Waals surface area contributed by atoms with E-state index in [-0.39, 0.29) is 6.10 Å². The Labute approximate surface area is 94.8 Å². The highest BCUT2D eigenvalue weighted by atomic mass is 35.5. The number of pyridine rings is 1. The molecule has 2 atom stereocenters. The van der Waals surface area contributed by atoms with Gasteiger partial charge in [0.1, 0.15) is 17.0 Å². The Kier molecular flexibility index (Phi) is 3.44. The van der Waals surface area contributed by atoms with E-state index in [0.717, 1.165) is 12.3 Å². The molecule has 3 nitrogen and oxygen atoms in total. The molecule has 0 saturated carbocycles. The summed E-state index contributed by atoms with van der Waals surface area (Å²) in [5, 5.41) is 3.91. The number of halogens is 1. The maximum absolute atomic E-state index is 5.77. The van der Waals surface area contributed by atoms with Crippen molar-refractivity contribution in [1.29, 1.82) is 0 Å². The van der Waals surface area contributed by atoms with Crippen molar-refractivity contribution in [1.82, 2.24) is 10.3 Å². The highest BCUT2D eigenvalue weighted by Crippen LogP contribution is 2.17. The van der Waals surface area contributed by atoms with Crippen molar-refractivity contribution in [3.8, 4) is 5.75 Å². The smallest absolute Gasteiger partial charge is 0.138 e. The summed E-state index contributed by atoms with van der Waals surface area (Å²) in [7, 11) is 0. The van der Waals surface area contributed by atoms with E-state index in [2.05, 4.69) is 17.2 Å². The zero-order chi connectivity index (χ0) is 10.7. The molecule has 0 spiro atoms. The molecule has 82 valence electrons. The summed E-state index contributed by atoms with van der Waals surface area (Å²) in [4.78, 5) is 3.98. The molecule has 0 aliphatic carbocycles. The summed E-state index contributed by atoms with van der Waals surface area (Å²) in [6.45, 7) is 3.18. The number of hydrogen-bond acceptors (Lipinski definition) is 3. The van der Waals surface area contributed by atoms with Crippen molar-refractivity contribution in [3.63, 3.8) is 0 Å². The van der Waals surface area contributed by atoms with Gasteiger partial charge in [0, 0.05) is 6.04 Å². The van der Waals surface area contributed by atoms with Crippen molar-refractivity contribution >= 4 is 11.6 Å². The Balaban J connectivity index is 1.92. The first-order valence-electron chi connectivity index (χ1n) is 5.27. The molecule has 1 saturated heterocycles. The molecule has 2 heterocycles. The highest BCUT2D eigenvalue weighted by molar-refractivity contribution is 6.29. The predicted octanol–water partition coefficient (Wildman–Crippen LogP) is 2.25. The maximum Gasteiger partial charge on any atom is 0.138 e. The largest absolute Gasteiger partial charge is 0.487 e. The zero-order valence-electron chi connectivity index (χ0n) is 8.74. The van der Waals surface area contributed by atoms with Gasteiger partial charge in [-0.25, -0.2) is 4.98 Å². The van der Waals surface area contributed by atoms with Gasteiger partial charge in [-0.1, -0.05) is 11.6 Å². The Morgan fingerprint density at radius 2 is 2.47 bits per heavy atom. The Morgan fingerprint density at radius 1 is 1.60 bits per heavy atom. The van der Waals surface area contributed by atoms with Crippen LogP contribution in [0.3, 0.4) is 0 Å². The Bertz CT molecular complexity index is 309. The minimum atomic E-state index is 0.176. The van der Waals surface area contributed by atoms with Crippen LogP contribution in [-0.2, 0) is 0 Å². The fraction of sp³-hybridized carbons (Fsp3) is 0.545. The average Bonchev–Trinajstić information content (AvgIpc) is 2.74. The number of nitrogens with one attached hydrogen (secondary N) is 1. The van der Waals surface area contributed by atoms with Crippen molar-refractivity contribution in [2.45, 2.75) is 31.9 Å². The SMILES string of the molecule is CC(Oc1ccc(Cl)nc1)C1CCCN1. The van der Waals surface area contributed by atoms with Gasteiger partial charge in [-0.05, 0) is 38.4 Å². The van der Waals surface area contributed by atoms with Crippen LogP contribution in [0.25, 0.3) is 0 Å². The van der Waals surface area contributed by atoms with Gasteiger partial charge in [0.05, 0.1) is 6.20 Å². The van der Waals surface area contributed by atoms with Crippen molar-refractivity contribution in [3.05, 3.63) is 23.5 Å². The second kappa shape index (κ2) is 4.81. The molecule has 15 heavy (non-hydrogen) atoms. The van der Waals surface area contributed by atoms with Gasteiger partial charge >= 0.3 is 0 Å². The predicted molar refractivity (Wildman–Crippen MR) is 60.4 cm³/mol. The van der Waals surface area contributed by atoms with Crippen molar-refractivity contribution in [2.24, 2.45) is 0 Å². The molecular weight excluding hydrogens is 212 g/mol. The molecule has 0 bridgehead atoms. The summed E-state index contributed by atoms with van der Waals surface area (Å²) >= 11 is 5.70. The number of aromatic nitrogens is 1. The van der Waals surface area contributed by atoms with Crippen LogP contribution in [0.4, 0.5) is 0 Å². The molecule has 1 aromatic rings. The lowest BCUT2D eigenvalue weighted by atomic mass is 10.1. The summed E-state index contributed by atoms with van der Waals surface area (Å²) in [6, 6.07) is 4.05. The Morgan fingerprint density at radius 3 is 3.07 bits per heavy atom. The molecule has 2 unspecified atom stereocenters. The second-order valence-corrected chi connectivity index (χ2v) is 4.23. The normalized spacial score (nSPS) is 22.7. The van der Waals surface area contributed by atoms with E-state index in [0.29, 0.717) is 11.2 Å². The summed E-state index contributed by atoms with van der Waals surface area (Å²) in [5.41, 5.74) is 0. The topological polar surface area (TPSA) is 34.1 Å². The number of ether oxygens (including phenoxy) is 1. The van der Waals surface area contributed by atoms with E-state index >= 15 is 0 Å². The fourth-order valence-electron chi connectivity index (χ4n) is 1.84. The van der Waals surface area contributed by atoms with Crippen LogP contribution in [0.2, 0.25) is 5.15 Å². The summed E-state index contributed by atoms with van der Waals surface area (Å²) in [6.07, 6.45) is 4.25. The van der Waals surface area contributed by atoms with Gasteiger partial charge in [-0.3, -0.25) is 0 Å². The molecule has 0 radical (unpaired) electrons. The second-order valence-electron chi connectivity index (χ2n) is 3.84. The van der Waals surface area contributed by atoms with Gasteiger partial charge in [0.2, 0.25) is 0 Å². The molecule has 1 fully saturated rings. The third-order valence-electron chi connectivity index (χ3n) is 2.69. The van der Waals surface area contributed by atoms with Gasteiger partial charge in [0.25, 0.3) is 0 Å². The number of rotatable bonds is 3. The summed E-state index contributed by atoms with van der Waals surface area (Å²) < 4.78 is 5.77. The molecular formula is C11H15ClN2O. The first kappa shape index (κ1) is 10.7. The first-order chi connectivity index (χ1) is 7.25. The third kappa shape index (κ3) is 2.83. The van der Waals surface area contributed by atoms with Crippen molar-refractivity contribution < 1.29 is 4.74 Å². The lowest BCUT2D eigenvalue weighted by Crippen LogP contribution is -2.36. The van der Waals surface area contributed by atoms with E-state index in [4.69, 9.17) is 16.3 Å². The highest BCUT2D eigenvalue weighted by Gasteiger charge is 2.22. The Hall–Kier alpha value is -0.800. The zero-order valence-corrected chi connectivity index (χ0v) is 9.50. The third-order valence-corrected chi connectivity index (χ3v) is 2.91. The number of nitrogens with zero attached hydrogens (tertiary/aromatic N) is 1. The van der Waals surface area contributed by atoms with Gasteiger partial charge in [-0.2, -0.15) is 0 Å². The van der Waals surface area contributed by atoms with Gasteiger partial charge in [0.15, 0.2) is 0 Å². The monoisotopic (exact) mass is 226 g/mol. The van der Waals surface area contributed by atoms with Crippen LogP contribution in [-0.4, -0.2) is 23.7 Å². The number of hydrogen-bond donors (Lipinski definition) is 1. The van der Waals surface area contributed by atoms with Gasteiger partial charge < -0.3 is 10.1 Å². The molecule has 0 amide bonds. The lowest BCUT2D eigenvalue weighted by Gasteiger charge is -2.20. The maximum atomic E-state index is 5.77. The molecule has 1 aliphatic rings.